The number of rotatable bonds is 11. The minimum Gasteiger partial charge on any atom is -0.382 e. The zero-order chi connectivity index (χ0) is 35.8. The molecule has 3 aromatic rings. The van der Waals surface area contributed by atoms with Gasteiger partial charge in [-0.05, 0) is 39.8 Å². The Labute approximate surface area is 285 Å². The van der Waals surface area contributed by atoms with E-state index in [1.54, 1.807) is 61.2 Å². The fourth-order valence-electron chi connectivity index (χ4n) is 6.72. The highest BCUT2D eigenvalue weighted by Crippen LogP contribution is 2.59. The SMILES string of the molecule is CC1(C)O[C@@H]2[C@H](O1)[C@@H](COP(=O)(O)CP(=O)(O)OC[C@H]1O[C@@H]([n+]3cccc(C(N)=O)c3)[C@@H]3OC(C)(C)O[C@@H]31)O[C@H]2n1cnc2c(N)nccc21. The van der Waals surface area contributed by atoms with E-state index in [-0.39, 0.29) is 11.4 Å². The van der Waals surface area contributed by atoms with Gasteiger partial charge in [-0.3, -0.25) is 13.9 Å². The third-order valence-corrected chi connectivity index (χ3v) is 12.6. The van der Waals surface area contributed by atoms with Crippen molar-refractivity contribution in [3.8, 4) is 0 Å². The van der Waals surface area contributed by atoms with Crippen LogP contribution in [0, 0.1) is 0 Å². The zero-order valence-corrected chi connectivity index (χ0v) is 29.3. The normalized spacial score (nSPS) is 33.6. The number of nitrogens with two attached hydrogens (primary N) is 2. The van der Waals surface area contributed by atoms with Gasteiger partial charge in [0.1, 0.15) is 41.6 Å². The number of nitrogen functional groups attached to an aromatic ring is 1. The van der Waals surface area contributed by atoms with E-state index in [4.69, 9.17) is 48.9 Å². The number of hydrogen-bond acceptors (Lipinski definition) is 14. The number of amides is 1. The lowest BCUT2D eigenvalue weighted by atomic mass is 10.1. The summed E-state index contributed by atoms with van der Waals surface area (Å²) in [5, 5.41) is 0. The van der Waals surface area contributed by atoms with E-state index >= 15 is 0 Å². The summed E-state index contributed by atoms with van der Waals surface area (Å²) in [6.07, 6.45) is -0.00495. The molecular formula is C29H39N6O13P2+. The highest BCUT2D eigenvalue weighted by molar-refractivity contribution is 7.70. The molecule has 0 saturated carbocycles. The van der Waals surface area contributed by atoms with Crippen molar-refractivity contribution in [2.45, 2.75) is 88.3 Å². The molecule has 0 radical (unpaired) electrons. The van der Waals surface area contributed by atoms with E-state index in [1.807, 2.05) is 0 Å². The van der Waals surface area contributed by atoms with Crippen molar-refractivity contribution in [3.63, 3.8) is 0 Å². The molecule has 50 heavy (non-hydrogen) atoms. The maximum atomic E-state index is 13.2. The lowest BCUT2D eigenvalue weighted by molar-refractivity contribution is -0.766. The van der Waals surface area contributed by atoms with Crippen molar-refractivity contribution in [2.75, 3.05) is 24.9 Å². The Morgan fingerprint density at radius 1 is 0.940 bits per heavy atom. The van der Waals surface area contributed by atoms with Crippen LogP contribution in [0.1, 0.15) is 50.5 Å². The quantitative estimate of drug-likeness (QED) is 0.160. The largest absolute Gasteiger partial charge is 0.382 e. The number of carbonyl (C=O) groups is 1. The van der Waals surface area contributed by atoms with Crippen molar-refractivity contribution < 1.29 is 65.7 Å². The number of hydrogen-bond donors (Lipinski definition) is 4. The Bertz CT molecular complexity index is 1890. The number of nitrogens with zero attached hydrogens (tertiary/aromatic N) is 4. The molecule has 0 bridgehead atoms. The van der Waals surface area contributed by atoms with Gasteiger partial charge in [-0.15, -0.1) is 0 Å². The molecule has 1 amide bonds. The average molecular weight is 742 g/mol. The highest BCUT2D eigenvalue weighted by Gasteiger charge is 2.60. The molecule has 3 aromatic heterocycles. The van der Waals surface area contributed by atoms with Gasteiger partial charge in [-0.2, -0.15) is 4.57 Å². The molecule has 4 saturated heterocycles. The fraction of sp³-hybridized carbons (Fsp3) is 0.586. The van der Waals surface area contributed by atoms with Crippen molar-refractivity contribution in [1.82, 2.24) is 14.5 Å². The molecule has 4 aliphatic heterocycles. The molecule has 7 rings (SSSR count). The average Bonchev–Trinajstić information content (AvgIpc) is 3.80. The van der Waals surface area contributed by atoms with Crippen LogP contribution in [-0.2, 0) is 46.6 Å². The first kappa shape index (κ1) is 35.5. The van der Waals surface area contributed by atoms with Gasteiger partial charge in [0.05, 0.1) is 25.1 Å². The smallest absolute Gasteiger partial charge is 0.340 e. The topological polar surface area (TPSA) is 252 Å². The van der Waals surface area contributed by atoms with E-state index in [9.17, 15) is 23.7 Å². The number of aromatic nitrogens is 4. The number of pyridine rings is 2. The van der Waals surface area contributed by atoms with Crippen molar-refractivity contribution in [2.24, 2.45) is 5.73 Å². The van der Waals surface area contributed by atoms with E-state index in [1.165, 1.54) is 18.7 Å². The second-order valence-corrected chi connectivity index (χ2v) is 17.6. The highest BCUT2D eigenvalue weighted by atomic mass is 31.2. The number of imidazole rings is 1. The van der Waals surface area contributed by atoms with Crippen LogP contribution in [0.15, 0.2) is 43.1 Å². The summed E-state index contributed by atoms with van der Waals surface area (Å²) in [6, 6.07) is 4.87. The number of carbonyl (C=O) groups excluding carboxylic acids is 1. The van der Waals surface area contributed by atoms with Crippen LogP contribution in [0.4, 0.5) is 5.82 Å². The van der Waals surface area contributed by atoms with Gasteiger partial charge in [-0.1, -0.05) is 0 Å². The van der Waals surface area contributed by atoms with Crippen LogP contribution < -0.4 is 16.0 Å². The summed E-state index contributed by atoms with van der Waals surface area (Å²) in [5.41, 5.74) is 12.7. The summed E-state index contributed by atoms with van der Waals surface area (Å²) >= 11 is 0. The van der Waals surface area contributed by atoms with Gasteiger partial charge >= 0.3 is 15.2 Å². The molecule has 0 aromatic carbocycles. The van der Waals surface area contributed by atoms with Crippen LogP contribution in [0.3, 0.4) is 0 Å². The molecule has 10 atom stereocenters. The predicted molar refractivity (Wildman–Crippen MR) is 169 cm³/mol. The van der Waals surface area contributed by atoms with Crippen molar-refractivity contribution >= 4 is 37.9 Å². The van der Waals surface area contributed by atoms with E-state index in [2.05, 4.69) is 9.97 Å². The summed E-state index contributed by atoms with van der Waals surface area (Å²) in [5.74, 6) is -3.65. The Hall–Kier alpha value is -2.90. The molecule has 4 aliphatic rings. The van der Waals surface area contributed by atoms with Crippen LogP contribution in [0.2, 0.25) is 0 Å². The van der Waals surface area contributed by atoms with E-state index in [0.717, 1.165) is 0 Å². The summed E-state index contributed by atoms with van der Waals surface area (Å²) in [7, 11) is -9.49. The molecule has 272 valence electrons. The van der Waals surface area contributed by atoms with Gasteiger partial charge < -0.3 is 63.3 Å². The number of fused-ring (bicyclic) bond motifs is 3. The number of anilines is 1. The number of ether oxygens (including phenoxy) is 6. The predicted octanol–water partition coefficient (Wildman–Crippen LogP) is 1.30. The maximum Gasteiger partial charge on any atom is 0.340 e. The lowest BCUT2D eigenvalue weighted by Crippen LogP contribution is -2.46. The third-order valence-electron chi connectivity index (χ3n) is 8.68. The lowest BCUT2D eigenvalue weighted by Gasteiger charge is -2.25. The standard InChI is InChI=1S/C29H38N6O13P2/c1-28(2)45-20-17(43-26(22(20)47-28)34-9-5-6-15(10-34)25(31)36)11-41-49(37,38)14-50(39,40)42-12-18-21-23(48-29(3,4)46-21)27(44-18)35-13-33-19-16(35)7-8-32-24(19)30/h5-10,13,17-18,20-23,26-27H,11-12,14H2,1-4H3,(H5-,30,31,32,36,37,38,39,40)/p+1/t17-,18-,20-,21-,22-,23-,26-,27-/m1/s1. The Morgan fingerprint density at radius 3 is 2.20 bits per heavy atom. The molecule has 0 spiro atoms. The van der Waals surface area contributed by atoms with Gasteiger partial charge in [0.15, 0.2) is 48.0 Å². The summed E-state index contributed by atoms with van der Waals surface area (Å²) in [4.78, 5) is 41.5. The molecule has 4 fully saturated rings. The van der Waals surface area contributed by atoms with Gasteiger partial charge in [0, 0.05) is 12.3 Å². The Morgan fingerprint density at radius 2 is 1.54 bits per heavy atom. The summed E-state index contributed by atoms with van der Waals surface area (Å²) < 4.78 is 76.8. The second kappa shape index (κ2) is 12.6. The monoisotopic (exact) mass is 741 g/mol. The zero-order valence-electron chi connectivity index (χ0n) is 27.5. The first-order valence-corrected chi connectivity index (χ1v) is 19.3. The van der Waals surface area contributed by atoms with Crippen LogP contribution in [0.5, 0.6) is 0 Å². The molecule has 7 heterocycles. The maximum absolute atomic E-state index is 13.2. The first-order chi connectivity index (χ1) is 23.4. The Balaban J connectivity index is 0.998. The van der Waals surface area contributed by atoms with Crippen molar-refractivity contribution in [3.05, 3.63) is 48.7 Å². The van der Waals surface area contributed by atoms with Crippen LogP contribution in [0.25, 0.3) is 11.0 Å². The number of primary amides is 1. The third kappa shape index (κ3) is 6.98. The summed E-state index contributed by atoms with van der Waals surface area (Å²) in [6.45, 7) is 5.90. The molecule has 2 unspecified atom stereocenters. The molecule has 21 heteroatoms. The van der Waals surface area contributed by atoms with E-state index in [0.29, 0.717) is 11.0 Å². The minimum absolute atomic E-state index is 0.229. The molecule has 0 aliphatic carbocycles. The molecule has 6 N–H and O–H groups in total. The minimum atomic E-state index is -4.74. The van der Waals surface area contributed by atoms with Gasteiger partial charge in [-0.25, -0.2) is 9.97 Å². The molecular weight excluding hydrogens is 702 g/mol. The van der Waals surface area contributed by atoms with Gasteiger partial charge in [0.2, 0.25) is 0 Å². The first-order valence-electron chi connectivity index (χ1n) is 15.7. The Kier molecular flexibility index (Phi) is 8.98. The van der Waals surface area contributed by atoms with Crippen LogP contribution in [-0.4, -0.2) is 97.5 Å². The van der Waals surface area contributed by atoms with E-state index < -0.39 is 101 Å². The second-order valence-electron chi connectivity index (χ2n) is 13.4. The van der Waals surface area contributed by atoms with Crippen molar-refractivity contribution in [1.29, 1.82) is 0 Å². The van der Waals surface area contributed by atoms with Crippen LogP contribution >= 0.6 is 15.2 Å². The molecule has 19 nitrogen and oxygen atoms in total. The van der Waals surface area contributed by atoms with Gasteiger partial charge in [0.25, 0.3) is 12.1 Å². The fourth-order valence-corrected chi connectivity index (χ4v) is 9.94.